The Labute approximate surface area is 111 Å². The molecule has 1 unspecified atom stereocenters. The molecule has 0 radical (unpaired) electrons. The van der Waals surface area contributed by atoms with Gasteiger partial charge in [0.2, 0.25) is 5.91 Å². The minimum atomic E-state index is -0.113. The molecule has 18 heavy (non-hydrogen) atoms. The third kappa shape index (κ3) is 3.05. The van der Waals surface area contributed by atoms with Crippen LogP contribution in [-0.2, 0) is 4.79 Å². The number of hydrogen-bond acceptors (Lipinski definition) is 2. The quantitative estimate of drug-likeness (QED) is 0.807. The van der Waals surface area contributed by atoms with Gasteiger partial charge >= 0.3 is 0 Å². The van der Waals surface area contributed by atoms with Crippen LogP contribution in [0.5, 0.6) is 0 Å². The minimum Gasteiger partial charge on any atom is -0.353 e. The Hall–Kier alpha value is -0.570. The maximum atomic E-state index is 12.6. The van der Waals surface area contributed by atoms with Gasteiger partial charge in [0, 0.05) is 12.6 Å². The zero-order chi connectivity index (χ0) is 13.0. The third-order valence-corrected chi connectivity index (χ3v) is 4.81. The van der Waals surface area contributed by atoms with Crippen LogP contribution in [0.3, 0.4) is 0 Å². The van der Waals surface area contributed by atoms with E-state index < -0.39 is 0 Å². The zero-order valence-electron chi connectivity index (χ0n) is 11.9. The molecule has 1 atom stereocenters. The second kappa shape index (κ2) is 6.05. The molecule has 1 amide bonds. The van der Waals surface area contributed by atoms with Gasteiger partial charge in [-0.3, -0.25) is 4.79 Å². The van der Waals surface area contributed by atoms with Crippen LogP contribution in [0.4, 0.5) is 0 Å². The van der Waals surface area contributed by atoms with E-state index in [0.717, 1.165) is 38.3 Å². The molecule has 0 aromatic rings. The van der Waals surface area contributed by atoms with Crippen LogP contribution < -0.4 is 10.6 Å². The first-order valence-corrected chi connectivity index (χ1v) is 7.68. The second-order valence-corrected chi connectivity index (χ2v) is 6.39. The first kappa shape index (κ1) is 13.9. The molecule has 2 rings (SSSR count). The summed E-state index contributed by atoms with van der Waals surface area (Å²) < 4.78 is 0. The molecular formula is C15H28N2O. The lowest BCUT2D eigenvalue weighted by molar-refractivity contribution is -0.131. The molecule has 1 saturated carbocycles. The Balaban J connectivity index is 1.89. The Bertz CT molecular complexity index is 276. The maximum absolute atomic E-state index is 12.6. The molecule has 1 saturated heterocycles. The molecule has 3 heteroatoms. The van der Waals surface area contributed by atoms with Crippen LogP contribution in [0.15, 0.2) is 0 Å². The van der Waals surface area contributed by atoms with Gasteiger partial charge in [-0.05, 0) is 51.0 Å². The molecule has 1 aliphatic carbocycles. The van der Waals surface area contributed by atoms with Gasteiger partial charge in [0.15, 0.2) is 0 Å². The molecular weight excluding hydrogens is 224 g/mol. The summed E-state index contributed by atoms with van der Waals surface area (Å²) >= 11 is 0. The fraction of sp³-hybridized carbons (Fsp3) is 0.933. The summed E-state index contributed by atoms with van der Waals surface area (Å²) in [6.45, 7) is 6.36. The van der Waals surface area contributed by atoms with Gasteiger partial charge in [-0.15, -0.1) is 0 Å². The van der Waals surface area contributed by atoms with Crippen LogP contribution >= 0.6 is 0 Å². The van der Waals surface area contributed by atoms with Crippen molar-refractivity contribution < 1.29 is 4.79 Å². The van der Waals surface area contributed by atoms with E-state index in [2.05, 4.69) is 24.5 Å². The number of nitrogens with one attached hydrogen (secondary N) is 2. The van der Waals surface area contributed by atoms with E-state index >= 15 is 0 Å². The Morgan fingerprint density at radius 1 is 1.33 bits per heavy atom. The molecule has 3 nitrogen and oxygen atoms in total. The zero-order valence-corrected chi connectivity index (χ0v) is 11.9. The standard InChI is InChI=1S/C15H28N2O/c1-3-8-15(9-10-16-11-15)14(18)17-13-6-4-12(2)5-7-13/h12-13,16H,3-11H2,1-2H3,(H,17,18). The van der Waals surface area contributed by atoms with Gasteiger partial charge < -0.3 is 10.6 Å². The fourth-order valence-corrected chi connectivity index (χ4v) is 3.49. The van der Waals surface area contributed by atoms with E-state index in [4.69, 9.17) is 0 Å². The van der Waals surface area contributed by atoms with Crippen molar-refractivity contribution in [2.24, 2.45) is 11.3 Å². The molecule has 0 spiro atoms. The summed E-state index contributed by atoms with van der Waals surface area (Å²) in [5.41, 5.74) is -0.113. The Kier molecular flexibility index (Phi) is 4.66. The molecule has 0 bridgehead atoms. The average Bonchev–Trinajstić information content (AvgIpc) is 2.82. The van der Waals surface area contributed by atoms with E-state index in [1.165, 1.54) is 25.7 Å². The molecule has 2 N–H and O–H groups in total. The van der Waals surface area contributed by atoms with E-state index in [1.807, 2.05) is 0 Å². The predicted octanol–water partition coefficient (Wildman–Crippen LogP) is 2.46. The van der Waals surface area contributed by atoms with Crippen LogP contribution in [0.2, 0.25) is 0 Å². The van der Waals surface area contributed by atoms with Crippen molar-refractivity contribution in [2.45, 2.75) is 64.8 Å². The number of carbonyl (C=O) groups excluding carboxylic acids is 1. The van der Waals surface area contributed by atoms with Crippen LogP contribution in [0, 0.1) is 11.3 Å². The largest absolute Gasteiger partial charge is 0.353 e. The molecule has 2 aliphatic rings. The highest BCUT2D eigenvalue weighted by atomic mass is 16.2. The van der Waals surface area contributed by atoms with Gasteiger partial charge in [-0.2, -0.15) is 0 Å². The van der Waals surface area contributed by atoms with E-state index in [0.29, 0.717) is 11.9 Å². The van der Waals surface area contributed by atoms with Crippen molar-refractivity contribution in [3.63, 3.8) is 0 Å². The summed E-state index contributed by atoms with van der Waals surface area (Å²) in [6.07, 6.45) is 8.00. The van der Waals surface area contributed by atoms with Crippen LogP contribution in [0.25, 0.3) is 0 Å². The number of amides is 1. The van der Waals surface area contributed by atoms with Gasteiger partial charge in [0.1, 0.15) is 0 Å². The fourth-order valence-electron chi connectivity index (χ4n) is 3.49. The summed E-state index contributed by atoms with van der Waals surface area (Å²) in [5.74, 6) is 1.16. The predicted molar refractivity (Wildman–Crippen MR) is 74.4 cm³/mol. The highest BCUT2D eigenvalue weighted by Crippen LogP contribution is 2.32. The van der Waals surface area contributed by atoms with Crippen molar-refractivity contribution in [3.8, 4) is 0 Å². The van der Waals surface area contributed by atoms with Crippen molar-refractivity contribution in [3.05, 3.63) is 0 Å². The Morgan fingerprint density at radius 3 is 2.61 bits per heavy atom. The number of hydrogen-bond donors (Lipinski definition) is 2. The highest BCUT2D eigenvalue weighted by Gasteiger charge is 2.41. The van der Waals surface area contributed by atoms with Gasteiger partial charge in [-0.25, -0.2) is 0 Å². The smallest absolute Gasteiger partial charge is 0.227 e. The first-order chi connectivity index (χ1) is 8.66. The topological polar surface area (TPSA) is 41.1 Å². The molecule has 2 fully saturated rings. The van der Waals surface area contributed by atoms with E-state index in [1.54, 1.807) is 0 Å². The van der Waals surface area contributed by atoms with Crippen molar-refractivity contribution in [2.75, 3.05) is 13.1 Å². The summed E-state index contributed by atoms with van der Waals surface area (Å²) in [5, 5.41) is 6.69. The van der Waals surface area contributed by atoms with Crippen molar-refractivity contribution >= 4 is 5.91 Å². The lowest BCUT2D eigenvalue weighted by Crippen LogP contribution is -2.47. The number of rotatable bonds is 4. The molecule has 0 aromatic heterocycles. The summed E-state index contributed by atoms with van der Waals surface area (Å²) in [6, 6.07) is 0.433. The number of carbonyl (C=O) groups is 1. The first-order valence-electron chi connectivity index (χ1n) is 7.68. The van der Waals surface area contributed by atoms with Gasteiger partial charge in [0.05, 0.1) is 5.41 Å². The third-order valence-electron chi connectivity index (χ3n) is 4.81. The van der Waals surface area contributed by atoms with Gasteiger partial charge in [-0.1, -0.05) is 20.3 Å². The van der Waals surface area contributed by atoms with Crippen LogP contribution in [-0.4, -0.2) is 25.0 Å². The molecule has 0 aromatic carbocycles. The van der Waals surface area contributed by atoms with E-state index in [-0.39, 0.29) is 5.41 Å². The van der Waals surface area contributed by atoms with Crippen LogP contribution in [0.1, 0.15) is 58.8 Å². The molecule has 104 valence electrons. The second-order valence-electron chi connectivity index (χ2n) is 6.39. The van der Waals surface area contributed by atoms with Crippen molar-refractivity contribution in [1.29, 1.82) is 0 Å². The summed E-state index contributed by atoms with van der Waals surface area (Å²) in [4.78, 5) is 12.6. The monoisotopic (exact) mass is 252 g/mol. The lowest BCUT2D eigenvalue weighted by Gasteiger charge is -2.32. The highest BCUT2D eigenvalue weighted by molar-refractivity contribution is 5.83. The average molecular weight is 252 g/mol. The normalized spacial score (nSPS) is 36.6. The van der Waals surface area contributed by atoms with Gasteiger partial charge in [0.25, 0.3) is 0 Å². The minimum absolute atomic E-state index is 0.113. The maximum Gasteiger partial charge on any atom is 0.227 e. The SMILES string of the molecule is CCCC1(C(=O)NC2CCC(C)CC2)CCNC1. The summed E-state index contributed by atoms with van der Waals surface area (Å²) in [7, 11) is 0. The molecule has 1 aliphatic heterocycles. The van der Waals surface area contributed by atoms with E-state index in [9.17, 15) is 4.79 Å². The van der Waals surface area contributed by atoms with Crippen molar-refractivity contribution in [1.82, 2.24) is 10.6 Å². The molecule has 1 heterocycles. The lowest BCUT2D eigenvalue weighted by atomic mass is 9.80. The Morgan fingerprint density at radius 2 is 2.06 bits per heavy atom.